The number of carbonyl (C=O) groups is 1. The van der Waals surface area contributed by atoms with E-state index >= 15 is 0 Å². The molecule has 0 bridgehead atoms. The maximum absolute atomic E-state index is 13.2. The van der Waals surface area contributed by atoms with Crippen LogP contribution in [-0.2, 0) is 11.3 Å². The topological polar surface area (TPSA) is 42.4 Å². The van der Waals surface area contributed by atoms with Gasteiger partial charge in [0.25, 0.3) is 5.91 Å². The molecule has 0 aliphatic rings. The summed E-state index contributed by atoms with van der Waals surface area (Å²) in [6.07, 6.45) is 0.932. The molecule has 3 rings (SSSR count). The SMILES string of the molecule is Cc1cc(OC(C)C(=O)N(Cc2ccccc2Cl)c2ccccn2)ccc1Cl. The van der Waals surface area contributed by atoms with Crippen molar-refractivity contribution < 1.29 is 9.53 Å². The van der Waals surface area contributed by atoms with Crippen LogP contribution in [-0.4, -0.2) is 17.0 Å². The second-order valence-corrected chi connectivity index (χ2v) is 7.19. The molecule has 0 aliphatic carbocycles. The molecule has 2 aromatic carbocycles. The van der Waals surface area contributed by atoms with Crippen LogP contribution in [0.15, 0.2) is 66.9 Å². The molecule has 4 nitrogen and oxygen atoms in total. The Morgan fingerprint density at radius 3 is 2.50 bits per heavy atom. The number of hydrogen-bond donors (Lipinski definition) is 0. The molecule has 144 valence electrons. The Balaban J connectivity index is 1.85. The van der Waals surface area contributed by atoms with Crippen LogP contribution in [0.25, 0.3) is 0 Å². The molecule has 1 amide bonds. The minimum atomic E-state index is -0.718. The standard InChI is InChI=1S/C22H20Cl2N2O2/c1-15-13-18(10-11-19(15)23)28-16(2)22(27)26(21-9-5-6-12-25-21)14-17-7-3-4-8-20(17)24/h3-13,16H,14H2,1-2H3. The molecule has 1 aromatic heterocycles. The summed E-state index contributed by atoms with van der Waals surface area (Å²) in [7, 11) is 0. The fraction of sp³-hybridized carbons (Fsp3) is 0.182. The number of nitrogens with zero attached hydrogens (tertiary/aromatic N) is 2. The van der Waals surface area contributed by atoms with Crippen LogP contribution in [0.5, 0.6) is 5.75 Å². The van der Waals surface area contributed by atoms with Crippen molar-refractivity contribution in [2.45, 2.75) is 26.5 Å². The van der Waals surface area contributed by atoms with E-state index in [-0.39, 0.29) is 5.91 Å². The van der Waals surface area contributed by atoms with Gasteiger partial charge in [-0.05, 0) is 61.4 Å². The number of pyridine rings is 1. The van der Waals surface area contributed by atoms with E-state index in [9.17, 15) is 4.79 Å². The fourth-order valence-corrected chi connectivity index (χ4v) is 3.06. The third-order valence-corrected chi connectivity index (χ3v) is 5.06. The van der Waals surface area contributed by atoms with Gasteiger partial charge in [0.1, 0.15) is 11.6 Å². The predicted molar refractivity (Wildman–Crippen MR) is 113 cm³/mol. The molecular weight excluding hydrogens is 395 g/mol. The lowest BCUT2D eigenvalue weighted by Crippen LogP contribution is -2.40. The number of carbonyl (C=O) groups excluding carboxylic acids is 1. The number of ether oxygens (including phenoxy) is 1. The summed E-state index contributed by atoms with van der Waals surface area (Å²) in [5.74, 6) is 0.905. The third-order valence-electron chi connectivity index (χ3n) is 4.27. The fourth-order valence-electron chi connectivity index (χ4n) is 2.75. The summed E-state index contributed by atoms with van der Waals surface area (Å²) in [6.45, 7) is 3.90. The largest absolute Gasteiger partial charge is 0.481 e. The molecule has 1 atom stereocenters. The van der Waals surface area contributed by atoms with Gasteiger partial charge in [-0.2, -0.15) is 0 Å². The molecule has 1 unspecified atom stereocenters. The van der Waals surface area contributed by atoms with Crippen molar-refractivity contribution >= 4 is 34.9 Å². The van der Waals surface area contributed by atoms with E-state index in [2.05, 4.69) is 4.98 Å². The molecule has 0 spiro atoms. The molecule has 6 heteroatoms. The van der Waals surface area contributed by atoms with Gasteiger partial charge < -0.3 is 4.74 Å². The van der Waals surface area contributed by atoms with Crippen molar-refractivity contribution in [2.24, 2.45) is 0 Å². The Morgan fingerprint density at radius 1 is 1.07 bits per heavy atom. The highest BCUT2D eigenvalue weighted by molar-refractivity contribution is 6.31. The summed E-state index contributed by atoms with van der Waals surface area (Å²) < 4.78 is 5.87. The van der Waals surface area contributed by atoms with Gasteiger partial charge in [-0.1, -0.05) is 47.5 Å². The maximum atomic E-state index is 13.2. The van der Waals surface area contributed by atoms with Crippen molar-refractivity contribution in [3.8, 4) is 5.75 Å². The van der Waals surface area contributed by atoms with Gasteiger partial charge in [0, 0.05) is 16.2 Å². The number of aryl methyl sites for hydroxylation is 1. The van der Waals surface area contributed by atoms with Crippen LogP contribution in [0.2, 0.25) is 10.0 Å². The van der Waals surface area contributed by atoms with Gasteiger partial charge in [-0.25, -0.2) is 4.98 Å². The molecule has 1 heterocycles. The normalized spacial score (nSPS) is 11.7. The highest BCUT2D eigenvalue weighted by atomic mass is 35.5. The number of anilines is 1. The Morgan fingerprint density at radius 2 is 1.82 bits per heavy atom. The van der Waals surface area contributed by atoms with Gasteiger partial charge in [0.15, 0.2) is 6.10 Å². The highest BCUT2D eigenvalue weighted by Crippen LogP contribution is 2.24. The highest BCUT2D eigenvalue weighted by Gasteiger charge is 2.25. The van der Waals surface area contributed by atoms with Crippen LogP contribution >= 0.6 is 23.2 Å². The van der Waals surface area contributed by atoms with E-state index in [0.717, 1.165) is 11.1 Å². The molecule has 0 saturated heterocycles. The maximum Gasteiger partial charge on any atom is 0.269 e. The van der Waals surface area contributed by atoms with Crippen molar-refractivity contribution in [2.75, 3.05) is 4.90 Å². The number of halogens is 2. The molecule has 28 heavy (non-hydrogen) atoms. The average Bonchev–Trinajstić information content (AvgIpc) is 2.70. The Labute approximate surface area is 174 Å². The summed E-state index contributed by atoms with van der Waals surface area (Å²) in [6, 6.07) is 18.2. The summed E-state index contributed by atoms with van der Waals surface area (Å²) in [5.41, 5.74) is 1.72. The zero-order valence-electron chi connectivity index (χ0n) is 15.6. The third kappa shape index (κ3) is 4.83. The van der Waals surface area contributed by atoms with E-state index in [4.69, 9.17) is 27.9 Å². The second kappa shape index (κ2) is 9.09. The lowest BCUT2D eigenvalue weighted by Gasteiger charge is -2.26. The first kappa shape index (κ1) is 20.2. The van der Waals surface area contributed by atoms with E-state index in [1.54, 1.807) is 48.4 Å². The lowest BCUT2D eigenvalue weighted by molar-refractivity contribution is -0.124. The summed E-state index contributed by atoms with van der Waals surface area (Å²) in [5, 5.41) is 1.25. The van der Waals surface area contributed by atoms with Crippen LogP contribution in [0.4, 0.5) is 5.82 Å². The van der Waals surface area contributed by atoms with Crippen molar-refractivity contribution in [3.05, 3.63) is 88.0 Å². The van der Waals surface area contributed by atoms with Gasteiger partial charge in [-0.3, -0.25) is 9.69 Å². The molecular formula is C22H20Cl2N2O2. The van der Waals surface area contributed by atoms with E-state index in [1.807, 2.05) is 37.3 Å². The zero-order valence-corrected chi connectivity index (χ0v) is 17.1. The smallest absolute Gasteiger partial charge is 0.269 e. The molecule has 3 aromatic rings. The van der Waals surface area contributed by atoms with Gasteiger partial charge in [0.2, 0.25) is 0 Å². The zero-order chi connectivity index (χ0) is 20.1. The second-order valence-electron chi connectivity index (χ2n) is 6.37. The summed E-state index contributed by atoms with van der Waals surface area (Å²) in [4.78, 5) is 19.1. The minimum Gasteiger partial charge on any atom is -0.481 e. The first-order valence-electron chi connectivity index (χ1n) is 8.84. The van der Waals surface area contributed by atoms with Gasteiger partial charge in [0.05, 0.1) is 6.54 Å². The van der Waals surface area contributed by atoms with Crippen LogP contribution < -0.4 is 9.64 Å². The number of benzene rings is 2. The minimum absolute atomic E-state index is 0.216. The number of hydrogen-bond acceptors (Lipinski definition) is 3. The van der Waals surface area contributed by atoms with Crippen LogP contribution in [0.3, 0.4) is 0 Å². The van der Waals surface area contributed by atoms with Crippen molar-refractivity contribution in [3.63, 3.8) is 0 Å². The quantitative estimate of drug-likeness (QED) is 0.519. The van der Waals surface area contributed by atoms with Gasteiger partial charge >= 0.3 is 0 Å². The summed E-state index contributed by atoms with van der Waals surface area (Å²) >= 11 is 12.4. The van der Waals surface area contributed by atoms with E-state index < -0.39 is 6.10 Å². The van der Waals surface area contributed by atoms with Crippen LogP contribution in [0.1, 0.15) is 18.1 Å². The average molecular weight is 415 g/mol. The van der Waals surface area contributed by atoms with Gasteiger partial charge in [-0.15, -0.1) is 0 Å². The van der Waals surface area contributed by atoms with Crippen LogP contribution in [0, 0.1) is 6.92 Å². The molecule has 0 saturated carbocycles. The van der Waals surface area contributed by atoms with E-state index in [0.29, 0.717) is 28.2 Å². The molecule has 0 N–H and O–H groups in total. The molecule has 0 radical (unpaired) electrons. The first-order valence-corrected chi connectivity index (χ1v) is 9.60. The number of amides is 1. The Hall–Kier alpha value is -2.56. The lowest BCUT2D eigenvalue weighted by atomic mass is 10.2. The number of aromatic nitrogens is 1. The monoisotopic (exact) mass is 414 g/mol. The first-order chi connectivity index (χ1) is 13.5. The Bertz CT molecular complexity index is 964. The van der Waals surface area contributed by atoms with Crippen molar-refractivity contribution in [1.82, 2.24) is 4.98 Å². The van der Waals surface area contributed by atoms with Crippen molar-refractivity contribution in [1.29, 1.82) is 0 Å². The number of rotatable bonds is 6. The Kier molecular flexibility index (Phi) is 6.55. The predicted octanol–water partition coefficient (Wildman–Crippen LogP) is 5.70. The van der Waals surface area contributed by atoms with E-state index in [1.165, 1.54) is 0 Å². The molecule has 0 aliphatic heterocycles. The molecule has 0 fully saturated rings.